The van der Waals surface area contributed by atoms with E-state index in [0.717, 1.165) is 5.82 Å². The van der Waals surface area contributed by atoms with Crippen LogP contribution in [0.5, 0.6) is 0 Å². The number of fused-ring (bicyclic) bond motifs is 1. The largest absolute Gasteiger partial charge is 0.353 e. The Morgan fingerprint density at radius 1 is 1.12 bits per heavy atom. The number of carbonyl (C=O) groups excluding carboxylic acids is 2. The van der Waals surface area contributed by atoms with Crippen molar-refractivity contribution < 1.29 is 14.0 Å². The third-order valence-electron chi connectivity index (χ3n) is 4.60. The first kappa shape index (κ1) is 16.9. The first-order valence-electron chi connectivity index (χ1n) is 8.14. The minimum Gasteiger partial charge on any atom is -0.353 e. The quantitative estimate of drug-likeness (QED) is 0.759. The minimum atomic E-state index is -0.761. The van der Waals surface area contributed by atoms with Crippen molar-refractivity contribution in [2.75, 3.05) is 42.6 Å². The summed E-state index contributed by atoms with van der Waals surface area (Å²) >= 11 is 6.00. The van der Waals surface area contributed by atoms with E-state index in [9.17, 15) is 14.0 Å². The van der Waals surface area contributed by atoms with Gasteiger partial charge in [-0.15, -0.1) is 0 Å². The monoisotopic (exact) mass is 375 g/mol. The van der Waals surface area contributed by atoms with Gasteiger partial charge in [0, 0.05) is 38.6 Å². The van der Waals surface area contributed by atoms with Gasteiger partial charge in [0.1, 0.15) is 11.6 Å². The number of amides is 1. The van der Waals surface area contributed by atoms with Crippen LogP contribution in [0, 0.1) is 5.82 Å². The third kappa shape index (κ3) is 2.81. The fourth-order valence-electron chi connectivity index (χ4n) is 3.26. The van der Waals surface area contributed by atoms with Crippen LogP contribution in [-0.2, 0) is 4.79 Å². The van der Waals surface area contributed by atoms with Gasteiger partial charge in [-0.05, 0) is 12.1 Å². The SMILES string of the molecule is O=C1C(=O)N(CN2CCN(c3cnccn3)CC2)c2c(F)ccc(Cl)c21. The lowest BCUT2D eigenvalue weighted by Gasteiger charge is -2.36. The molecule has 1 fully saturated rings. The molecule has 2 aromatic rings. The zero-order valence-electron chi connectivity index (χ0n) is 13.7. The molecule has 1 aromatic carbocycles. The predicted molar refractivity (Wildman–Crippen MR) is 93.9 cm³/mol. The Hall–Kier alpha value is -2.58. The van der Waals surface area contributed by atoms with Crippen LogP contribution < -0.4 is 9.80 Å². The lowest BCUT2D eigenvalue weighted by Crippen LogP contribution is -2.51. The van der Waals surface area contributed by atoms with Gasteiger partial charge in [0.15, 0.2) is 0 Å². The summed E-state index contributed by atoms with van der Waals surface area (Å²) in [6, 6.07) is 2.47. The van der Waals surface area contributed by atoms with E-state index < -0.39 is 17.5 Å². The van der Waals surface area contributed by atoms with E-state index in [4.69, 9.17) is 11.6 Å². The highest BCUT2D eigenvalue weighted by Gasteiger charge is 2.40. The van der Waals surface area contributed by atoms with Crippen molar-refractivity contribution in [3.8, 4) is 0 Å². The number of benzene rings is 1. The molecule has 1 aromatic heterocycles. The zero-order chi connectivity index (χ0) is 18.3. The second-order valence-electron chi connectivity index (χ2n) is 6.13. The van der Waals surface area contributed by atoms with E-state index in [-0.39, 0.29) is 22.9 Å². The van der Waals surface area contributed by atoms with Crippen molar-refractivity contribution in [2.24, 2.45) is 0 Å². The van der Waals surface area contributed by atoms with Crippen LogP contribution in [0.25, 0.3) is 0 Å². The maximum atomic E-state index is 14.3. The Morgan fingerprint density at radius 3 is 2.58 bits per heavy atom. The number of hydrogen-bond acceptors (Lipinski definition) is 6. The number of nitrogens with zero attached hydrogens (tertiary/aromatic N) is 5. The van der Waals surface area contributed by atoms with Gasteiger partial charge in [-0.1, -0.05) is 11.6 Å². The summed E-state index contributed by atoms with van der Waals surface area (Å²) in [7, 11) is 0. The maximum Gasteiger partial charge on any atom is 0.300 e. The normalized spacial score (nSPS) is 17.8. The number of rotatable bonds is 3. The molecule has 0 aliphatic carbocycles. The first-order valence-corrected chi connectivity index (χ1v) is 8.51. The highest BCUT2D eigenvalue weighted by Crippen LogP contribution is 2.36. The zero-order valence-corrected chi connectivity index (χ0v) is 14.5. The molecule has 0 spiro atoms. The van der Waals surface area contributed by atoms with E-state index in [2.05, 4.69) is 14.9 Å². The van der Waals surface area contributed by atoms with Gasteiger partial charge >= 0.3 is 5.91 Å². The molecule has 2 aliphatic rings. The lowest BCUT2D eigenvalue weighted by molar-refractivity contribution is -0.114. The molecule has 2 aliphatic heterocycles. The fourth-order valence-corrected chi connectivity index (χ4v) is 3.50. The summed E-state index contributed by atoms with van der Waals surface area (Å²) < 4.78 is 14.3. The molecule has 3 heterocycles. The molecule has 0 saturated carbocycles. The Balaban J connectivity index is 1.49. The van der Waals surface area contributed by atoms with E-state index in [1.807, 2.05) is 4.90 Å². The van der Waals surface area contributed by atoms with Crippen LogP contribution in [0.1, 0.15) is 10.4 Å². The number of anilines is 2. The van der Waals surface area contributed by atoms with Crippen molar-refractivity contribution in [1.29, 1.82) is 0 Å². The fraction of sp³-hybridized carbons (Fsp3) is 0.294. The Labute approximate surface area is 154 Å². The molecule has 1 amide bonds. The molecule has 9 heteroatoms. The smallest absolute Gasteiger partial charge is 0.300 e. The number of aromatic nitrogens is 2. The second-order valence-corrected chi connectivity index (χ2v) is 6.53. The molecule has 0 atom stereocenters. The highest BCUT2D eigenvalue weighted by atomic mass is 35.5. The van der Waals surface area contributed by atoms with E-state index in [1.54, 1.807) is 18.6 Å². The van der Waals surface area contributed by atoms with Crippen LogP contribution in [-0.4, -0.2) is 59.4 Å². The standard InChI is InChI=1S/C17H15ClFN5O2/c18-11-1-2-12(19)15-14(11)16(25)17(26)24(15)10-22-5-7-23(8-6-22)13-9-20-3-4-21-13/h1-4,9H,5-8,10H2. The third-order valence-corrected chi connectivity index (χ3v) is 4.92. The van der Waals surface area contributed by atoms with Crippen LogP contribution in [0.2, 0.25) is 5.02 Å². The van der Waals surface area contributed by atoms with Crippen molar-refractivity contribution in [1.82, 2.24) is 14.9 Å². The summed E-state index contributed by atoms with van der Waals surface area (Å²) in [5, 5.41) is 0.0923. The average molecular weight is 376 g/mol. The van der Waals surface area contributed by atoms with Gasteiger partial charge in [0.2, 0.25) is 0 Å². The van der Waals surface area contributed by atoms with Crippen LogP contribution in [0.3, 0.4) is 0 Å². The highest BCUT2D eigenvalue weighted by molar-refractivity contribution is 6.55. The predicted octanol–water partition coefficient (Wildman–Crippen LogP) is 1.58. The summed E-state index contributed by atoms with van der Waals surface area (Å²) in [6.45, 7) is 2.82. The number of hydrogen-bond donors (Lipinski definition) is 0. The molecule has 0 bridgehead atoms. The van der Waals surface area contributed by atoms with Crippen LogP contribution in [0.15, 0.2) is 30.7 Å². The number of Topliss-reactive ketones (excluding diaryl/α,β-unsaturated/α-hetero) is 1. The minimum absolute atomic E-state index is 0.0242. The van der Waals surface area contributed by atoms with Gasteiger partial charge < -0.3 is 4.90 Å². The summed E-state index contributed by atoms with van der Waals surface area (Å²) in [4.78, 5) is 38.1. The molecule has 7 nitrogen and oxygen atoms in total. The molecule has 134 valence electrons. The Morgan fingerprint density at radius 2 is 1.88 bits per heavy atom. The van der Waals surface area contributed by atoms with Gasteiger partial charge in [-0.2, -0.15) is 0 Å². The molecule has 0 radical (unpaired) electrons. The molecular formula is C17H15ClFN5O2. The summed E-state index contributed by atoms with van der Waals surface area (Å²) in [5.74, 6) is -1.34. The van der Waals surface area contributed by atoms with E-state index in [1.165, 1.54) is 17.0 Å². The van der Waals surface area contributed by atoms with Gasteiger partial charge in [-0.3, -0.25) is 24.4 Å². The second kappa shape index (κ2) is 6.62. The van der Waals surface area contributed by atoms with Gasteiger partial charge in [-0.25, -0.2) is 9.37 Å². The Bertz CT molecular complexity index is 871. The van der Waals surface area contributed by atoms with Gasteiger partial charge in [0.25, 0.3) is 5.78 Å². The van der Waals surface area contributed by atoms with Crippen molar-refractivity contribution >= 4 is 34.8 Å². The average Bonchev–Trinajstić information content (AvgIpc) is 2.92. The molecule has 26 heavy (non-hydrogen) atoms. The molecule has 0 N–H and O–H groups in total. The lowest BCUT2D eigenvalue weighted by atomic mass is 10.1. The van der Waals surface area contributed by atoms with Crippen molar-refractivity contribution in [2.45, 2.75) is 0 Å². The summed E-state index contributed by atoms with van der Waals surface area (Å²) in [6.07, 6.45) is 4.96. The topological polar surface area (TPSA) is 69.6 Å². The van der Waals surface area contributed by atoms with Crippen LogP contribution in [0.4, 0.5) is 15.9 Å². The maximum absolute atomic E-state index is 14.3. The van der Waals surface area contributed by atoms with E-state index in [0.29, 0.717) is 26.2 Å². The van der Waals surface area contributed by atoms with E-state index >= 15 is 0 Å². The van der Waals surface area contributed by atoms with Crippen LogP contribution >= 0.6 is 11.6 Å². The number of halogens is 2. The molecular weight excluding hydrogens is 361 g/mol. The van der Waals surface area contributed by atoms with Crippen molar-refractivity contribution in [3.05, 3.63) is 47.1 Å². The number of piperazine rings is 1. The van der Waals surface area contributed by atoms with Gasteiger partial charge in [0.05, 0.1) is 29.1 Å². The Kier molecular flexibility index (Phi) is 4.29. The number of carbonyl (C=O) groups is 2. The first-order chi connectivity index (χ1) is 12.6. The van der Waals surface area contributed by atoms with Crippen molar-refractivity contribution in [3.63, 3.8) is 0 Å². The number of ketones is 1. The summed E-state index contributed by atoms with van der Waals surface area (Å²) in [5.41, 5.74) is -0.0706. The molecule has 1 saturated heterocycles. The molecule has 0 unspecified atom stereocenters. The molecule has 4 rings (SSSR count).